The number of benzene rings is 3. The van der Waals surface area contributed by atoms with Crippen LogP contribution < -0.4 is 4.74 Å². The third kappa shape index (κ3) is 3.89. The maximum absolute atomic E-state index is 12.8. The first-order valence-electron chi connectivity index (χ1n) is 8.79. The van der Waals surface area contributed by atoms with Crippen molar-refractivity contribution in [1.29, 1.82) is 0 Å². The average molecular weight is 385 g/mol. The van der Waals surface area contributed by atoms with Crippen LogP contribution >= 0.6 is 0 Å². The summed E-state index contributed by atoms with van der Waals surface area (Å²) in [7, 11) is 0. The van der Waals surface area contributed by atoms with Crippen LogP contribution in [0.2, 0.25) is 0 Å². The van der Waals surface area contributed by atoms with Crippen molar-refractivity contribution in [2.24, 2.45) is 0 Å². The Labute approximate surface area is 166 Å². The average Bonchev–Trinajstić information content (AvgIpc) is 3.21. The van der Waals surface area contributed by atoms with Crippen molar-refractivity contribution in [1.82, 2.24) is 9.78 Å². The van der Waals surface area contributed by atoms with E-state index < -0.39 is 11.0 Å². The van der Waals surface area contributed by atoms with Crippen molar-refractivity contribution in [3.8, 4) is 28.3 Å². The van der Waals surface area contributed by atoms with Gasteiger partial charge in [-0.2, -0.15) is 9.78 Å². The SMILES string of the molecule is O=C(Oc1ccccc1)n1nc(-c2ccccc2)cc1-c1ccc([N+](=O)[O-])cc1. The fourth-order valence-corrected chi connectivity index (χ4v) is 2.86. The maximum Gasteiger partial charge on any atom is 0.440 e. The predicted molar refractivity (Wildman–Crippen MR) is 108 cm³/mol. The van der Waals surface area contributed by atoms with Gasteiger partial charge in [-0.3, -0.25) is 10.1 Å². The Balaban J connectivity index is 1.76. The number of aromatic nitrogens is 2. The number of carbonyl (C=O) groups excluding carboxylic acids is 1. The third-order valence-electron chi connectivity index (χ3n) is 4.27. The van der Waals surface area contributed by atoms with Crippen LogP contribution in [0, 0.1) is 10.1 Å². The summed E-state index contributed by atoms with van der Waals surface area (Å²) in [6, 6.07) is 25.8. The quantitative estimate of drug-likeness (QED) is 0.357. The van der Waals surface area contributed by atoms with Gasteiger partial charge >= 0.3 is 6.09 Å². The second kappa shape index (κ2) is 7.77. The van der Waals surface area contributed by atoms with Crippen LogP contribution in [0.4, 0.5) is 10.5 Å². The van der Waals surface area contributed by atoms with Crippen molar-refractivity contribution >= 4 is 11.8 Å². The van der Waals surface area contributed by atoms with E-state index in [0.29, 0.717) is 22.7 Å². The molecule has 0 fully saturated rings. The normalized spacial score (nSPS) is 10.5. The van der Waals surface area contributed by atoms with Crippen molar-refractivity contribution in [3.63, 3.8) is 0 Å². The van der Waals surface area contributed by atoms with Gasteiger partial charge in [0.05, 0.1) is 16.3 Å². The number of ether oxygens (including phenoxy) is 1. The molecule has 0 aliphatic carbocycles. The molecular weight excluding hydrogens is 370 g/mol. The minimum absolute atomic E-state index is 0.0324. The monoisotopic (exact) mass is 385 g/mol. The van der Waals surface area contributed by atoms with Crippen molar-refractivity contribution in [3.05, 3.63) is 101 Å². The smallest absolute Gasteiger partial charge is 0.409 e. The Hall–Kier alpha value is -4.26. The van der Waals surface area contributed by atoms with E-state index in [2.05, 4.69) is 5.10 Å². The number of non-ortho nitro benzene ring substituents is 1. The number of para-hydroxylation sites is 1. The fraction of sp³-hybridized carbons (Fsp3) is 0. The van der Waals surface area contributed by atoms with Gasteiger partial charge in [-0.05, 0) is 30.3 Å². The highest BCUT2D eigenvalue weighted by atomic mass is 16.6. The van der Waals surface area contributed by atoms with Crippen LogP contribution in [0.15, 0.2) is 91.0 Å². The summed E-state index contributed by atoms with van der Waals surface area (Å²) >= 11 is 0. The Morgan fingerprint density at radius 2 is 1.48 bits per heavy atom. The summed E-state index contributed by atoms with van der Waals surface area (Å²) in [4.78, 5) is 23.3. The molecule has 29 heavy (non-hydrogen) atoms. The minimum atomic E-state index is -0.674. The molecule has 0 saturated heterocycles. The molecule has 1 heterocycles. The molecule has 0 unspecified atom stereocenters. The van der Waals surface area contributed by atoms with Crippen LogP contribution in [0.5, 0.6) is 5.75 Å². The van der Waals surface area contributed by atoms with Crippen LogP contribution in [0.1, 0.15) is 0 Å². The number of nitro groups is 1. The van der Waals surface area contributed by atoms with E-state index in [1.807, 2.05) is 36.4 Å². The molecule has 1 aromatic heterocycles. The van der Waals surface area contributed by atoms with E-state index >= 15 is 0 Å². The number of nitro benzene ring substituents is 1. The first-order valence-corrected chi connectivity index (χ1v) is 8.79. The lowest BCUT2D eigenvalue weighted by molar-refractivity contribution is -0.384. The zero-order chi connectivity index (χ0) is 20.2. The molecule has 0 N–H and O–H groups in total. The highest BCUT2D eigenvalue weighted by Crippen LogP contribution is 2.28. The number of hydrogen-bond donors (Lipinski definition) is 0. The molecule has 0 radical (unpaired) electrons. The Morgan fingerprint density at radius 1 is 0.862 bits per heavy atom. The highest BCUT2D eigenvalue weighted by molar-refractivity contribution is 5.81. The molecule has 7 nitrogen and oxygen atoms in total. The minimum Gasteiger partial charge on any atom is -0.409 e. The molecule has 0 spiro atoms. The summed E-state index contributed by atoms with van der Waals surface area (Å²) in [5, 5.41) is 15.3. The first kappa shape index (κ1) is 18.1. The van der Waals surface area contributed by atoms with Crippen LogP contribution in [0.3, 0.4) is 0 Å². The van der Waals surface area contributed by atoms with E-state index in [4.69, 9.17) is 4.74 Å². The summed E-state index contributed by atoms with van der Waals surface area (Å²) in [5.41, 5.74) is 2.47. The molecule has 0 bridgehead atoms. The lowest BCUT2D eigenvalue weighted by Gasteiger charge is -2.07. The molecule has 4 rings (SSSR count). The number of nitrogens with zero attached hydrogens (tertiary/aromatic N) is 3. The molecule has 3 aromatic carbocycles. The standard InChI is InChI=1S/C22H15N3O4/c26-22(29-19-9-5-2-6-10-19)24-21(17-11-13-18(14-12-17)25(27)28)15-20(23-24)16-7-3-1-4-8-16/h1-15H. The largest absolute Gasteiger partial charge is 0.440 e. The molecule has 0 atom stereocenters. The number of hydrogen-bond acceptors (Lipinski definition) is 5. The summed E-state index contributed by atoms with van der Waals surface area (Å²) in [6.45, 7) is 0. The van der Waals surface area contributed by atoms with Gasteiger partial charge in [-0.15, -0.1) is 0 Å². The lowest BCUT2D eigenvalue weighted by Crippen LogP contribution is -2.19. The van der Waals surface area contributed by atoms with Crippen LogP contribution in [0.25, 0.3) is 22.5 Å². The number of rotatable bonds is 4. The maximum atomic E-state index is 12.8. The van der Waals surface area contributed by atoms with Gasteiger partial charge in [0.1, 0.15) is 5.75 Å². The van der Waals surface area contributed by atoms with Crippen LogP contribution in [-0.4, -0.2) is 20.8 Å². The molecule has 0 amide bonds. The second-order valence-corrected chi connectivity index (χ2v) is 6.18. The van der Waals surface area contributed by atoms with Crippen molar-refractivity contribution in [2.75, 3.05) is 0 Å². The first-order chi connectivity index (χ1) is 14.1. The Bertz CT molecular complexity index is 1150. The zero-order valence-electron chi connectivity index (χ0n) is 15.1. The second-order valence-electron chi connectivity index (χ2n) is 6.18. The van der Waals surface area contributed by atoms with E-state index in [0.717, 1.165) is 10.2 Å². The molecule has 7 heteroatoms. The Kier molecular flexibility index (Phi) is 4.86. The van der Waals surface area contributed by atoms with Gasteiger partial charge in [-0.1, -0.05) is 48.5 Å². The van der Waals surface area contributed by atoms with Gasteiger partial charge in [0.25, 0.3) is 5.69 Å². The van der Waals surface area contributed by atoms with E-state index in [-0.39, 0.29) is 5.69 Å². The molecule has 0 saturated carbocycles. The Morgan fingerprint density at radius 3 is 2.10 bits per heavy atom. The third-order valence-corrected chi connectivity index (χ3v) is 4.27. The summed E-state index contributed by atoms with van der Waals surface area (Å²) in [5.74, 6) is 0.393. The number of carbonyl (C=O) groups is 1. The van der Waals surface area contributed by atoms with E-state index in [1.165, 1.54) is 12.1 Å². The molecule has 4 aromatic rings. The molecule has 142 valence electrons. The van der Waals surface area contributed by atoms with Crippen molar-refractivity contribution < 1.29 is 14.5 Å². The lowest BCUT2D eigenvalue weighted by atomic mass is 10.1. The molecule has 0 aliphatic rings. The molecular formula is C22H15N3O4. The van der Waals surface area contributed by atoms with E-state index in [1.54, 1.807) is 42.5 Å². The van der Waals surface area contributed by atoms with Gasteiger partial charge < -0.3 is 4.74 Å². The topological polar surface area (TPSA) is 87.3 Å². The highest BCUT2D eigenvalue weighted by Gasteiger charge is 2.19. The summed E-state index contributed by atoms with van der Waals surface area (Å²) < 4.78 is 6.59. The van der Waals surface area contributed by atoms with Gasteiger partial charge in [0, 0.05) is 23.3 Å². The van der Waals surface area contributed by atoms with Gasteiger partial charge in [0.2, 0.25) is 0 Å². The van der Waals surface area contributed by atoms with Crippen LogP contribution in [-0.2, 0) is 0 Å². The van der Waals surface area contributed by atoms with Gasteiger partial charge in [0.15, 0.2) is 0 Å². The van der Waals surface area contributed by atoms with Crippen molar-refractivity contribution in [2.45, 2.75) is 0 Å². The zero-order valence-corrected chi connectivity index (χ0v) is 15.1. The van der Waals surface area contributed by atoms with Gasteiger partial charge in [-0.25, -0.2) is 4.79 Å². The predicted octanol–water partition coefficient (Wildman–Crippen LogP) is 5.17. The molecule has 0 aliphatic heterocycles. The van der Waals surface area contributed by atoms with E-state index in [9.17, 15) is 14.9 Å². The fourth-order valence-electron chi connectivity index (χ4n) is 2.86. The summed E-state index contributed by atoms with van der Waals surface area (Å²) in [6.07, 6.45) is -0.674.